The fraction of sp³-hybridized carbons (Fsp3) is 0.556. The quantitative estimate of drug-likeness (QED) is 0.806. The second kappa shape index (κ2) is 7.70. The second-order valence-corrected chi connectivity index (χ2v) is 7.49. The molecule has 0 N–H and O–H groups in total. The molecule has 1 saturated carbocycles. The van der Waals surface area contributed by atoms with E-state index in [4.69, 9.17) is 9.47 Å². The van der Waals surface area contributed by atoms with E-state index in [9.17, 15) is 0 Å². The average Bonchev–Trinajstić information content (AvgIpc) is 3.27. The minimum atomic E-state index is 0.299. The largest absolute Gasteiger partial charge is 0.376 e. The lowest BCUT2D eigenvalue weighted by atomic mass is 10.0. The maximum Gasteiger partial charge on any atom is 0.107 e. The van der Waals surface area contributed by atoms with Gasteiger partial charge in [0.25, 0.3) is 0 Å². The fourth-order valence-corrected chi connectivity index (χ4v) is 4.47. The van der Waals surface area contributed by atoms with Gasteiger partial charge in [-0.1, -0.05) is 6.07 Å². The van der Waals surface area contributed by atoms with Crippen LogP contribution in [0.25, 0.3) is 0 Å². The van der Waals surface area contributed by atoms with Gasteiger partial charge < -0.3 is 9.47 Å². The van der Waals surface area contributed by atoms with Crippen LogP contribution in [-0.2, 0) is 22.6 Å². The molecule has 0 amide bonds. The third-order valence-corrected chi connectivity index (χ3v) is 5.74. The predicted molar refractivity (Wildman–Crippen MR) is 92.7 cm³/mol. The minimum absolute atomic E-state index is 0.299. The summed E-state index contributed by atoms with van der Waals surface area (Å²) in [5.74, 6) is 0.491. The highest BCUT2D eigenvalue weighted by Crippen LogP contribution is 2.35. The molecule has 6 heteroatoms. The minimum Gasteiger partial charge on any atom is -0.376 e. The Morgan fingerprint density at radius 3 is 3.17 bits per heavy atom. The van der Waals surface area contributed by atoms with Crippen molar-refractivity contribution in [3.8, 4) is 0 Å². The Bertz CT molecular complexity index is 622. The first-order valence-electron chi connectivity index (χ1n) is 8.61. The second-order valence-electron chi connectivity index (χ2n) is 6.51. The molecule has 128 valence electrons. The van der Waals surface area contributed by atoms with Gasteiger partial charge in [0.2, 0.25) is 0 Å². The Labute approximate surface area is 146 Å². The Morgan fingerprint density at radius 2 is 2.33 bits per heavy atom. The standard InChI is InChI=1S/C18H23N3O2S/c1-2-14(10-19-5-1)12-22-13-15-3-4-16-18(15)23-8-7-21(16)11-17-20-6-9-24-17/h1-2,5-6,9-10,15-16,18H,3-4,7-8,11-13H2/t15-,16-,18+/m0/s1. The fourth-order valence-electron chi connectivity index (χ4n) is 3.83. The van der Waals surface area contributed by atoms with Crippen molar-refractivity contribution in [2.45, 2.75) is 38.1 Å². The van der Waals surface area contributed by atoms with Crippen molar-refractivity contribution in [1.29, 1.82) is 0 Å². The number of aromatic nitrogens is 2. The van der Waals surface area contributed by atoms with Crippen LogP contribution in [0, 0.1) is 5.92 Å². The Morgan fingerprint density at radius 1 is 1.33 bits per heavy atom. The molecule has 0 unspecified atom stereocenters. The maximum atomic E-state index is 6.12. The van der Waals surface area contributed by atoms with Gasteiger partial charge in [-0.05, 0) is 24.5 Å². The molecule has 2 aromatic rings. The summed E-state index contributed by atoms with van der Waals surface area (Å²) in [4.78, 5) is 11.1. The first-order chi connectivity index (χ1) is 11.9. The van der Waals surface area contributed by atoms with Crippen molar-refractivity contribution in [3.05, 3.63) is 46.7 Å². The Balaban J connectivity index is 1.31. The molecule has 5 nitrogen and oxygen atoms in total. The van der Waals surface area contributed by atoms with Gasteiger partial charge in [-0.2, -0.15) is 0 Å². The summed E-state index contributed by atoms with van der Waals surface area (Å²) in [6.07, 6.45) is 8.21. The molecule has 24 heavy (non-hydrogen) atoms. The van der Waals surface area contributed by atoms with Gasteiger partial charge in [-0.15, -0.1) is 11.3 Å². The highest BCUT2D eigenvalue weighted by atomic mass is 32.1. The van der Waals surface area contributed by atoms with Crippen molar-refractivity contribution >= 4 is 11.3 Å². The molecule has 1 aliphatic carbocycles. The SMILES string of the molecule is c1cncc(COC[C@@H]2CC[C@H]3[C@@H]2OCCN3Cc2nccs2)c1. The normalized spacial score (nSPS) is 27.2. The van der Waals surface area contributed by atoms with Gasteiger partial charge in [-0.3, -0.25) is 9.88 Å². The first kappa shape index (κ1) is 16.1. The van der Waals surface area contributed by atoms with Crippen LogP contribution in [0.2, 0.25) is 0 Å². The van der Waals surface area contributed by atoms with Gasteiger partial charge >= 0.3 is 0 Å². The number of nitrogens with zero attached hydrogens (tertiary/aromatic N) is 3. The van der Waals surface area contributed by atoms with E-state index in [2.05, 4.69) is 26.3 Å². The summed E-state index contributed by atoms with van der Waals surface area (Å²) >= 11 is 1.74. The number of hydrogen-bond acceptors (Lipinski definition) is 6. The zero-order valence-electron chi connectivity index (χ0n) is 13.7. The third kappa shape index (κ3) is 3.67. The topological polar surface area (TPSA) is 47.5 Å². The number of rotatable bonds is 6. The third-order valence-electron chi connectivity index (χ3n) is 4.98. The van der Waals surface area contributed by atoms with Crippen molar-refractivity contribution in [2.24, 2.45) is 5.92 Å². The molecule has 0 aromatic carbocycles. The molecular weight excluding hydrogens is 322 g/mol. The Hall–Kier alpha value is -1.34. The van der Waals surface area contributed by atoms with E-state index < -0.39 is 0 Å². The van der Waals surface area contributed by atoms with E-state index in [1.54, 1.807) is 17.5 Å². The van der Waals surface area contributed by atoms with Gasteiger partial charge in [-0.25, -0.2) is 4.98 Å². The monoisotopic (exact) mass is 345 g/mol. The summed E-state index contributed by atoms with van der Waals surface area (Å²) in [7, 11) is 0. The van der Waals surface area contributed by atoms with Gasteiger partial charge in [0, 0.05) is 42.5 Å². The lowest BCUT2D eigenvalue weighted by Gasteiger charge is -2.38. The molecule has 0 bridgehead atoms. The Kier molecular flexibility index (Phi) is 5.18. The van der Waals surface area contributed by atoms with E-state index in [0.29, 0.717) is 24.7 Å². The summed E-state index contributed by atoms with van der Waals surface area (Å²) < 4.78 is 12.1. The zero-order chi connectivity index (χ0) is 16.2. The van der Waals surface area contributed by atoms with E-state index in [-0.39, 0.29) is 0 Å². The smallest absolute Gasteiger partial charge is 0.107 e. The molecule has 0 spiro atoms. The molecule has 4 rings (SSSR count). The number of thiazole rings is 1. The number of hydrogen-bond donors (Lipinski definition) is 0. The average molecular weight is 345 g/mol. The van der Waals surface area contributed by atoms with Gasteiger partial charge in [0.1, 0.15) is 5.01 Å². The first-order valence-corrected chi connectivity index (χ1v) is 9.49. The maximum absolute atomic E-state index is 6.12. The summed E-state index contributed by atoms with van der Waals surface area (Å²) in [6, 6.07) is 4.51. The van der Waals surface area contributed by atoms with Crippen molar-refractivity contribution in [2.75, 3.05) is 19.8 Å². The highest BCUT2D eigenvalue weighted by molar-refractivity contribution is 7.09. The van der Waals surface area contributed by atoms with Crippen LogP contribution in [-0.4, -0.2) is 46.8 Å². The van der Waals surface area contributed by atoms with E-state index in [1.165, 1.54) is 17.8 Å². The summed E-state index contributed by atoms with van der Waals surface area (Å²) in [5, 5.41) is 3.25. The lowest BCUT2D eigenvalue weighted by molar-refractivity contribution is -0.0891. The van der Waals surface area contributed by atoms with Crippen LogP contribution in [0.3, 0.4) is 0 Å². The van der Waals surface area contributed by atoms with Gasteiger partial charge in [0.15, 0.2) is 0 Å². The molecule has 2 aliphatic rings. The van der Waals surface area contributed by atoms with E-state index in [1.807, 2.05) is 18.5 Å². The predicted octanol–water partition coefficient (Wildman–Crippen LogP) is 2.73. The summed E-state index contributed by atoms with van der Waals surface area (Å²) in [5.41, 5.74) is 1.13. The number of fused-ring (bicyclic) bond motifs is 1. The lowest BCUT2D eigenvalue weighted by Crippen LogP contribution is -2.50. The molecule has 2 aromatic heterocycles. The molecule has 3 heterocycles. The molecule has 2 fully saturated rings. The molecular formula is C18H23N3O2S. The van der Waals surface area contributed by atoms with E-state index >= 15 is 0 Å². The number of ether oxygens (including phenoxy) is 2. The van der Waals surface area contributed by atoms with E-state index in [0.717, 1.165) is 31.9 Å². The highest BCUT2D eigenvalue weighted by Gasteiger charge is 2.42. The zero-order valence-corrected chi connectivity index (χ0v) is 14.5. The molecule has 1 saturated heterocycles. The van der Waals surface area contributed by atoms with Crippen LogP contribution in [0.4, 0.5) is 0 Å². The molecule has 1 aliphatic heterocycles. The molecule has 0 radical (unpaired) electrons. The number of pyridine rings is 1. The van der Waals surface area contributed by atoms with Gasteiger partial charge in [0.05, 0.1) is 32.5 Å². The van der Waals surface area contributed by atoms with Crippen LogP contribution in [0.15, 0.2) is 36.1 Å². The van der Waals surface area contributed by atoms with Crippen molar-refractivity contribution in [3.63, 3.8) is 0 Å². The van der Waals surface area contributed by atoms with Crippen molar-refractivity contribution < 1.29 is 9.47 Å². The van der Waals surface area contributed by atoms with Crippen LogP contribution >= 0.6 is 11.3 Å². The van der Waals surface area contributed by atoms with Crippen LogP contribution in [0.1, 0.15) is 23.4 Å². The molecule has 3 atom stereocenters. The van der Waals surface area contributed by atoms with Crippen LogP contribution < -0.4 is 0 Å². The van der Waals surface area contributed by atoms with Crippen LogP contribution in [0.5, 0.6) is 0 Å². The van der Waals surface area contributed by atoms with Crippen molar-refractivity contribution in [1.82, 2.24) is 14.9 Å². The number of morpholine rings is 1. The summed E-state index contributed by atoms with van der Waals surface area (Å²) in [6.45, 7) is 4.16.